The van der Waals surface area contributed by atoms with Crippen LogP contribution >= 0.6 is 0 Å². The molecule has 1 fully saturated rings. The Balaban J connectivity index is 1.23. The second-order valence-corrected chi connectivity index (χ2v) is 8.00. The molecular weight excluding hydrogens is 406 g/mol. The van der Waals surface area contributed by atoms with Gasteiger partial charge in [-0.1, -0.05) is 30.3 Å². The topological polar surface area (TPSA) is 73.3 Å². The number of guanidine groups is 1. The lowest BCUT2D eigenvalue weighted by Crippen LogP contribution is -2.38. The molecule has 7 heteroatoms. The Morgan fingerprint density at radius 1 is 0.969 bits per heavy atom. The van der Waals surface area contributed by atoms with Crippen molar-refractivity contribution in [2.24, 2.45) is 4.99 Å². The molecule has 0 amide bonds. The third-order valence-electron chi connectivity index (χ3n) is 5.58. The third kappa shape index (κ3) is 6.61. The maximum atomic E-state index is 6.00. The van der Waals surface area contributed by atoms with E-state index in [1.165, 1.54) is 16.7 Å². The summed E-state index contributed by atoms with van der Waals surface area (Å²) in [5.41, 5.74) is 3.57. The predicted octanol–water partition coefficient (Wildman–Crippen LogP) is 3.41. The molecule has 7 nitrogen and oxygen atoms in total. The second-order valence-electron chi connectivity index (χ2n) is 8.00. The van der Waals surface area contributed by atoms with Crippen LogP contribution in [-0.4, -0.2) is 45.2 Å². The molecule has 172 valence electrons. The molecule has 0 spiro atoms. The summed E-state index contributed by atoms with van der Waals surface area (Å²) in [4.78, 5) is 4.73. The number of nitrogens with one attached hydrogen (secondary N) is 2. The van der Waals surface area contributed by atoms with Crippen LogP contribution in [0.1, 0.15) is 36.5 Å². The Kier molecular flexibility index (Phi) is 8.23. The summed E-state index contributed by atoms with van der Waals surface area (Å²) in [6.07, 6.45) is 3.17. The average molecular weight is 440 g/mol. The van der Waals surface area contributed by atoms with E-state index in [1.54, 1.807) is 0 Å². The molecule has 32 heavy (non-hydrogen) atoms. The van der Waals surface area contributed by atoms with Crippen LogP contribution in [-0.2, 0) is 29.0 Å². The molecule has 0 saturated carbocycles. The molecule has 0 atom stereocenters. The number of aliphatic imine (C=N–C) groups is 1. The van der Waals surface area contributed by atoms with Crippen LogP contribution in [0.2, 0.25) is 0 Å². The van der Waals surface area contributed by atoms with Gasteiger partial charge in [0.25, 0.3) is 0 Å². The highest BCUT2D eigenvalue weighted by atomic mass is 16.7. The molecule has 0 radical (unpaired) electrons. The summed E-state index contributed by atoms with van der Waals surface area (Å²) >= 11 is 0. The maximum Gasteiger partial charge on any atom is 0.231 e. The summed E-state index contributed by atoms with van der Waals surface area (Å²) in [5, 5.41) is 6.72. The zero-order valence-electron chi connectivity index (χ0n) is 18.8. The monoisotopic (exact) mass is 439 g/mol. The second kappa shape index (κ2) is 11.7. The van der Waals surface area contributed by atoms with Gasteiger partial charge in [0, 0.05) is 26.3 Å². The quantitative estimate of drug-likeness (QED) is 0.461. The lowest BCUT2D eigenvalue weighted by molar-refractivity contribution is -0.0390. The first-order valence-corrected chi connectivity index (χ1v) is 11.5. The first-order valence-electron chi connectivity index (χ1n) is 11.5. The first kappa shape index (κ1) is 22.4. The first-order chi connectivity index (χ1) is 15.8. The molecule has 2 heterocycles. The van der Waals surface area contributed by atoms with Crippen LogP contribution in [0.5, 0.6) is 11.5 Å². The molecule has 2 aromatic carbocycles. The van der Waals surface area contributed by atoms with E-state index in [0.717, 1.165) is 63.0 Å². The van der Waals surface area contributed by atoms with E-state index in [9.17, 15) is 0 Å². The van der Waals surface area contributed by atoms with Crippen LogP contribution in [0, 0.1) is 0 Å². The van der Waals surface area contributed by atoms with E-state index in [0.29, 0.717) is 26.0 Å². The van der Waals surface area contributed by atoms with Gasteiger partial charge in [-0.05, 0) is 55.0 Å². The summed E-state index contributed by atoms with van der Waals surface area (Å²) in [5.74, 6) is 2.46. The molecule has 2 N–H and O–H groups in total. The molecule has 2 aliphatic rings. The van der Waals surface area contributed by atoms with E-state index in [1.807, 2.05) is 12.1 Å². The van der Waals surface area contributed by atoms with E-state index >= 15 is 0 Å². The predicted molar refractivity (Wildman–Crippen MR) is 124 cm³/mol. The van der Waals surface area contributed by atoms with Crippen LogP contribution in [0.15, 0.2) is 47.5 Å². The fourth-order valence-corrected chi connectivity index (χ4v) is 3.73. The van der Waals surface area contributed by atoms with E-state index in [2.05, 4.69) is 47.9 Å². The Morgan fingerprint density at radius 3 is 2.53 bits per heavy atom. The maximum absolute atomic E-state index is 6.00. The van der Waals surface area contributed by atoms with E-state index in [-0.39, 0.29) is 0 Å². The summed E-state index contributed by atoms with van der Waals surface area (Å²) < 4.78 is 22.2. The fourth-order valence-electron chi connectivity index (χ4n) is 3.73. The van der Waals surface area contributed by atoms with Crippen molar-refractivity contribution in [1.82, 2.24) is 10.6 Å². The molecular formula is C25H33N3O4. The fraction of sp³-hybridized carbons (Fsp3) is 0.480. The van der Waals surface area contributed by atoms with Gasteiger partial charge in [0.1, 0.15) is 0 Å². The van der Waals surface area contributed by atoms with Crippen molar-refractivity contribution >= 4 is 5.96 Å². The zero-order chi connectivity index (χ0) is 22.0. The van der Waals surface area contributed by atoms with Crippen LogP contribution in [0.4, 0.5) is 0 Å². The average Bonchev–Trinajstić information content (AvgIpc) is 3.30. The molecule has 2 aromatic rings. The van der Waals surface area contributed by atoms with Gasteiger partial charge >= 0.3 is 0 Å². The van der Waals surface area contributed by atoms with Crippen molar-refractivity contribution in [1.29, 1.82) is 0 Å². The molecule has 0 unspecified atom stereocenters. The highest BCUT2D eigenvalue weighted by Crippen LogP contribution is 2.32. The van der Waals surface area contributed by atoms with Crippen molar-refractivity contribution in [3.63, 3.8) is 0 Å². The van der Waals surface area contributed by atoms with E-state index in [4.69, 9.17) is 23.9 Å². The van der Waals surface area contributed by atoms with Crippen LogP contribution in [0.3, 0.4) is 0 Å². The number of nitrogens with zero attached hydrogens (tertiary/aromatic N) is 1. The van der Waals surface area contributed by atoms with E-state index < -0.39 is 0 Å². The highest BCUT2D eigenvalue weighted by Gasteiger charge is 2.14. The van der Waals surface area contributed by atoms with Gasteiger partial charge in [-0.3, -0.25) is 0 Å². The Hall–Kier alpha value is -2.77. The van der Waals surface area contributed by atoms with Gasteiger partial charge in [-0.2, -0.15) is 0 Å². The number of hydrogen-bond donors (Lipinski definition) is 2. The molecule has 0 bridgehead atoms. The molecule has 0 aromatic heterocycles. The molecule has 0 aliphatic carbocycles. The lowest BCUT2D eigenvalue weighted by atomic mass is 10.1. The zero-order valence-corrected chi connectivity index (χ0v) is 18.8. The molecule has 2 aliphatic heterocycles. The Bertz CT molecular complexity index is 879. The van der Waals surface area contributed by atoms with Gasteiger partial charge in [-0.25, -0.2) is 4.99 Å². The number of hydrogen-bond acceptors (Lipinski definition) is 5. The van der Waals surface area contributed by atoms with Crippen molar-refractivity contribution in [3.05, 3.63) is 59.2 Å². The Morgan fingerprint density at radius 2 is 1.72 bits per heavy atom. The number of rotatable bonds is 9. The smallest absolute Gasteiger partial charge is 0.231 e. The van der Waals surface area contributed by atoms with Gasteiger partial charge in [0.2, 0.25) is 6.79 Å². The molecule has 4 rings (SSSR count). The standard InChI is InChI=1S/C25H33N3O4/c1-2-26-25(27-12-9-19-7-8-23-24(15-19)32-18-31-23)28-16-20-3-5-21(6-4-20)17-30-22-10-13-29-14-11-22/h3-8,15,22H,2,9-14,16-18H2,1H3,(H2,26,27,28). The summed E-state index contributed by atoms with van der Waals surface area (Å²) in [6.45, 7) is 6.87. The largest absolute Gasteiger partial charge is 0.454 e. The van der Waals surface area contributed by atoms with Crippen LogP contribution < -0.4 is 20.1 Å². The minimum atomic E-state index is 0.304. The Labute approximate surface area is 190 Å². The summed E-state index contributed by atoms with van der Waals surface area (Å²) in [7, 11) is 0. The minimum Gasteiger partial charge on any atom is -0.454 e. The van der Waals surface area contributed by atoms with Gasteiger partial charge in [-0.15, -0.1) is 0 Å². The van der Waals surface area contributed by atoms with Crippen molar-refractivity contribution in [3.8, 4) is 11.5 Å². The van der Waals surface area contributed by atoms with Crippen molar-refractivity contribution in [2.75, 3.05) is 33.1 Å². The van der Waals surface area contributed by atoms with Crippen molar-refractivity contribution < 1.29 is 18.9 Å². The number of ether oxygens (including phenoxy) is 4. The minimum absolute atomic E-state index is 0.304. The normalized spacial score (nSPS) is 16.2. The van der Waals surface area contributed by atoms with Gasteiger partial charge in [0.05, 0.1) is 19.3 Å². The molecule has 1 saturated heterocycles. The number of fused-ring (bicyclic) bond motifs is 1. The SMILES string of the molecule is CCNC(=NCc1ccc(COC2CCOCC2)cc1)NCCc1ccc2c(c1)OCO2. The number of benzene rings is 2. The lowest BCUT2D eigenvalue weighted by Gasteiger charge is -2.22. The third-order valence-corrected chi connectivity index (χ3v) is 5.58. The van der Waals surface area contributed by atoms with Crippen LogP contribution in [0.25, 0.3) is 0 Å². The summed E-state index contributed by atoms with van der Waals surface area (Å²) in [6, 6.07) is 14.6. The van der Waals surface area contributed by atoms with Crippen molar-refractivity contribution in [2.45, 2.75) is 45.4 Å². The van der Waals surface area contributed by atoms with Gasteiger partial charge in [0.15, 0.2) is 17.5 Å². The highest BCUT2D eigenvalue weighted by molar-refractivity contribution is 5.79. The van der Waals surface area contributed by atoms with Gasteiger partial charge < -0.3 is 29.6 Å².